The minimum Gasteiger partial charge on any atom is -0.393 e. The van der Waals surface area contributed by atoms with Crippen molar-refractivity contribution in [3.63, 3.8) is 0 Å². The largest absolute Gasteiger partial charge is 0.393 e. The predicted octanol–water partition coefficient (Wildman–Crippen LogP) is 1.29. The first kappa shape index (κ1) is 15.4. The number of rotatable bonds is 6. The van der Waals surface area contributed by atoms with Gasteiger partial charge in [-0.25, -0.2) is 0 Å². The molecule has 0 saturated carbocycles. The predicted molar refractivity (Wildman–Crippen MR) is 78.5 cm³/mol. The number of thiocarbonyl (C=S) groups is 1. The molecule has 1 aliphatic rings. The average Bonchev–Trinajstić information content (AvgIpc) is 2.35. The summed E-state index contributed by atoms with van der Waals surface area (Å²) in [4.78, 5) is 14.4. The van der Waals surface area contributed by atoms with Crippen molar-refractivity contribution in [2.75, 3.05) is 19.6 Å². The zero-order valence-corrected chi connectivity index (χ0v) is 12.3. The smallest absolute Gasteiger partial charge is 0.229 e. The highest BCUT2D eigenvalue weighted by Gasteiger charge is 2.18. The number of carbonyl (C=O) groups is 1. The van der Waals surface area contributed by atoms with Gasteiger partial charge in [0.15, 0.2) is 0 Å². The molecule has 1 amide bonds. The summed E-state index contributed by atoms with van der Waals surface area (Å²) in [5.74, 6) is -0.428. The molecule has 18 heavy (non-hydrogen) atoms. The minimum absolute atomic E-state index is 0.0609. The molecule has 0 spiro atoms. The Hall–Kier alpha value is -0.680. The molecule has 0 radical (unpaired) electrons. The van der Waals surface area contributed by atoms with Crippen LogP contribution in [0.15, 0.2) is 0 Å². The first-order valence-electron chi connectivity index (χ1n) is 6.83. The van der Waals surface area contributed by atoms with E-state index >= 15 is 0 Å². The normalized spacial score (nSPS) is 22.4. The number of nitrogens with one attached hydrogen (secondary N) is 1. The topological polar surface area (TPSA) is 58.4 Å². The van der Waals surface area contributed by atoms with E-state index in [1.165, 1.54) is 25.8 Å². The third-order valence-electron chi connectivity index (χ3n) is 3.68. The highest BCUT2D eigenvalue weighted by atomic mass is 32.1. The van der Waals surface area contributed by atoms with Crippen LogP contribution in [0.4, 0.5) is 0 Å². The van der Waals surface area contributed by atoms with Crippen molar-refractivity contribution in [3.8, 4) is 0 Å². The first-order chi connectivity index (χ1) is 8.52. The standard InChI is InChI=1S/C13H25N3OS/c1-10-6-3-4-8-16(10)9-5-7-15-13(17)11(2)12(14)18/h10-11H,3-9H2,1-2H3,(H2,14,18)(H,15,17). The molecule has 1 rings (SSSR count). The molecule has 2 unspecified atom stereocenters. The summed E-state index contributed by atoms with van der Waals surface area (Å²) in [5.41, 5.74) is 5.44. The summed E-state index contributed by atoms with van der Waals surface area (Å²) in [6.45, 7) is 6.98. The van der Waals surface area contributed by atoms with E-state index in [1.807, 2.05) is 0 Å². The van der Waals surface area contributed by atoms with E-state index in [0.717, 1.165) is 13.0 Å². The minimum atomic E-state index is -0.367. The van der Waals surface area contributed by atoms with E-state index in [0.29, 0.717) is 12.6 Å². The number of nitrogens with zero attached hydrogens (tertiary/aromatic N) is 1. The first-order valence-corrected chi connectivity index (χ1v) is 7.24. The van der Waals surface area contributed by atoms with Crippen LogP contribution in [0.1, 0.15) is 39.5 Å². The molecule has 0 aromatic heterocycles. The van der Waals surface area contributed by atoms with Crippen LogP contribution in [0.25, 0.3) is 0 Å². The average molecular weight is 271 g/mol. The van der Waals surface area contributed by atoms with Crippen molar-refractivity contribution in [3.05, 3.63) is 0 Å². The van der Waals surface area contributed by atoms with Gasteiger partial charge in [-0.3, -0.25) is 4.79 Å². The van der Waals surface area contributed by atoms with E-state index < -0.39 is 0 Å². The van der Waals surface area contributed by atoms with Crippen LogP contribution in [0, 0.1) is 5.92 Å². The van der Waals surface area contributed by atoms with Crippen LogP contribution in [-0.4, -0.2) is 41.5 Å². The Kier molecular flexibility index (Phi) is 6.57. The second-order valence-electron chi connectivity index (χ2n) is 5.15. The van der Waals surface area contributed by atoms with Crippen molar-refractivity contribution in [2.24, 2.45) is 11.7 Å². The van der Waals surface area contributed by atoms with Crippen LogP contribution < -0.4 is 11.1 Å². The van der Waals surface area contributed by atoms with Gasteiger partial charge in [0, 0.05) is 19.1 Å². The van der Waals surface area contributed by atoms with Gasteiger partial charge < -0.3 is 16.0 Å². The zero-order valence-electron chi connectivity index (χ0n) is 11.4. The Balaban J connectivity index is 2.14. The monoisotopic (exact) mass is 271 g/mol. The summed E-state index contributed by atoms with van der Waals surface area (Å²) in [7, 11) is 0. The SMILES string of the molecule is CC(C(=O)NCCCN1CCCCC1C)C(N)=S. The van der Waals surface area contributed by atoms with E-state index in [1.54, 1.807) is 6.92 Å². The maximum Gasteiger partial charge on any atom is 0.229 e. The highest BCUT2D eigenvalue weighted by molar-refractivity contribution is 7.80. The lowest BCUT2D eigenvalue weighted by molar-refractivity contribution is -0.122. The fourth-order valence-electron chi connectivity index (χ4n) is 2.27. The van der Waals surface area contributed by atoms with Crippen molar-refractivity contribution in [1.29, 1.82) is 0 Å². The van der Waals surface area contributed by atoms with Crippen LogP contribution >= 0.6 is 12.2 Å². The second kappa shape index (κ2) is 7.69. The number of amides is 1. The summed E-state index contributed by atoms with van der Waals surface area (Å²) in [6.07, 6.45) is 4.93. The van der Waals surface area contributed by atoms with E-state index in [4.69, 9.17) is 18.0 Å². The number of hydrogen-bond donors (Lipinski definition) is 2. The number of hydrogen-bond acceptors (Lipinski definition) is 3. The van der Waals surface area contributed by atoms with Gasteiger partial charge in [-0.15, -0.1) is 0 Å². The number of carbonyl (C=O) groups excluding carboxylic acids is 1. The molecule has 1 heterocycles. The van der Waals surface area contributed by atoms with Gasteiger partial charge >= 0.3 is 0 Å². The van der Waals surface area contributed by atoms with E-state index in [9.17, 15) is 4.79 Å². The van der Waals surface area contributed by atoms with Gasteiger partial charge in [-0.1, -0.05) is 18.6 Å². The van der Waals surface area contributed by atoms with Gasteiger partial charge in [0.25, 0.3) is 0 Å². The molecular weight excluding hydrogens is 246 g/mol. The van der Waals surface area contributed by atoms with Gasteiger partial charge in [-0.05, 0) is 39.7 Å². The van der Waals surface area contributed by atoms with Gasteiger partial charge in [-0.2, -0.15) is 0 Å². The molecule has 0 aromatic rings. The summed E-state index contributed by atoms with van der Waals surface area (Å²) in [6, 6.07) is 0.685. The number of piperidine rings is 1. The molecule has 104 valence electrons. The number of nitrogens with two attached hydrogens (primary N) is 1. The maximum atomic E-state index is 11.6. The Morgan fingerprint density at radius 3 is 2.89 bits per heavy atom. The molecule has 4 nitrogen and oxygen atoms in total. The van der Waals surface area contributed by atoms with Crippen LogP contribution in [0.3, 0.4) is 0 Å². The summed E-state index contributed by atoms with van der Waals surface area (Å²) in [5, 5.41) is 2.89. The molecule has 3 N–H and O–H groups in total. The molecule has 1 saturated heterocycles. The molecule has 0 bridgehead atoms. The molecule has 1 aliphatic heterocycles. The molecular formula is C13H25N3OS. The number of likely N-dealkylation sites (tertiary alicyclic amines) is 1. The third-order valence-corrected chi connectivity index (χ3v) is 4.04. The molecule has 1 fully saturated rings. The van der Waals surface area contributed by atoms with Crippen LogP contribution in [0.5, 0.6) is 0 Å². The Morgan fingerprint density at radius 1 is 1.56 bits per heavy atom. The van der Waals surface area contributed by atoms with Gasteiger partial charge in [0.1, 0.15) is 0 Å². The highest BCUT2D eigenvalue weighted by Crippen LogP contribution is 2.15. The Morgan fingerprint density at radius 2 is 2.28 bits per heavy atom. The maximum absolute atomic E-state index is 11.6. The quantitative estimate of drug-likeness (QED) is 0.564. The third kappa shape index (κ3) is 4.90. The van der Waals surface area contributed by atoms with Gasteiger partial charge in [0.2, 0.25) is 5.91 Å². The molecule has 2 atom stereocenters. The lowest BCUT2D eigenvalue weighted by atomic mass is 10.0. The lowest BCUT2D eigenvalue weighted by Gasteiger charge is -2.33. The lowest BCUT2D eigenvalue weighted by Crippen LogP contribution is -2.40. The fraction of sp³-hybridized carbons (Fsp3) is 0.846. The fourth-order valence-corrected chi connectivity index (χ4v) is 2.37. The zero-order chi connectivity index (χ0) is 13.5. The van der Waals surface area contributed by atoms with Crippen molar-refractivity contribution < 1.29 is 4.79 Å². The van der Waals surface area contributed by atoms with Crippen molar-refractivity contribution in [1.82, 2.24) is 10.2 Å². The molecule has 5 heteroatoms. The summed E-state index contributed by atoms with van der Waals surface area (Å²) >= 11 is 4.80. The second-order valence-corrected chi connectivity index (χ2v) is 5.62. The van der Waals surface area contributed by atoms with Crippen molar-refractivity contribution >= 4 is 23.1 Å². The van der Waals surface area contributed by atoms with Crippen LogP contribution in [-0.2, 0) is 4.79 Å². The van der Waals surface area contributed by atoms with Crippen LogP contribution in [0.2, 0.25) is 0 Å². The molecule has 0 aromatic carbocycles. The van der Waals surface area contributed by atoms with Crippen molar-refractivity contribution in [2.45, 2.75) is 45.6 Å². The summed E-state index contributed by atoms with van der Waals surface area (Å²) < 4.78 is 0. The van der Waals surface area contributed by atoms with Gasteiger partial charge in [0.05, 0.1) is 10.9 Å². The van der Waals surface area contributed by atoms with E-state index in [2.05, 4.69) is 17.1 Å². The Labute approximate surface area is 115 Å². The Bertz CT molecular complexity index is 296. The van der Waals surface area contributed by atoms with E-state index in [-0.39, 0.29) is 16.8 Å². The molecule has 0 aliphatic carbocycles.